The van der Waals surface area contributed by atoms with Crippen molar-refractivity contribution in [1.82, 2.24) is 0 Å². The normalized spacial score (nSPS) is 21.4. The number of benzene rings is 1. The highest BCUT2D eigenvalue weighted by atomic mass is 32.2. The smallest absolute Gasteiger partial charge is 0.307 e. The van der Waals surface area contributed by atoms with Crippen molar-refractivity contribution in [3.8, 4) is 0 Å². The molecule has 0 fully saturated rings. The van der Waals surface area contributed by atoms with Crippen LogP contribution in [-0.4, -0.2) is 23.2 Å². The van der Waals surface area contributed by atoms with E-state index in [1.165, 1.54) is 0 Å². The summed E-state index contributed by atoms with van der Waals surface area (Å²) < 4.78 is 0. The lowest BCUT2D eigenvalue weighted by Gasteiger charge is -2.24. The van der Waals surface area contributed by atoms with Gasteiger partial charge in [0.15, 0.2) is 0 Å². The van der Waals surface area contributed by atoms with Crippen LogP contribution in [-0.2, 0) is 9.59 Å². The Morgan fingerprint density at radius 1 is 1.25 bits per heavy atom. The van der Waals surface area contributed by atoms with Crippen molar-refractivity contribution in [2.75, 3.05) is 11.6 Å². The van der Waals surface area contributed by atoms with Crippen molar-refractivity contribution in [1.29, 1.82) is 0 Å². The maximum Gasteiger partial charge on any atom is 0.307 e. The van der Waals surface area contributed by atoms with Crippen molar-refractivity contribution in [3.63, 3.8) is 0 Å². The molecule has 0 aliphatic heterocycles. The number of rotatable bonds is 4. The van der Waals surface area contributed by atoms with Crippen LogP contribution in [0.1, 0.15) is 12.8 Å². The molecule has 0 unspecified atom stereocenters. The van der Waals surface area contributed by atoms with Gasteiger partial charge in [-0.25, -0.2) is 0 Å². The number of amides is 1. The van der Waals surface area contributed by atoms with Gasteiger partial charge in [0.05, 0.1) is 11.8 Å². The molecule has 2 rings (SSSR count). The van der Waals surface area contributed by atoms with E-state index >= 15 is 0 Å². The Kier molecular flexibility index (Phi) is 4.84. The number of carboxylic acid groups (broad SMARTS) is 1. The number of aliphatic carboxylic acids is 1. The third kappa shape index (κ3) is 3.42. The Labute approximate surface area is 122 Å². The number of carbonyl (C=O) groups is 2. The van der Waals surface area contributed by atoms with E-state index in [0.29, 0.717) is 18.5 Å². The highest BCUT2D eigenvalue weighted by Gasteiger charge is 2.33. The molecule has 106 valence electrons. The second-order valence-electron chi connectivity index (χ2n) is 4.72. The maximum absolute atomic E-state index is 12.3. The van der Waals surface area contributed by atoms with Crippen LogP contribution in [0.3, 0.4) is 0 Å². The van der Waals surface area contributed by atoms with Crippen LogP contribution < -0.4 is 5.32 Å². The van der Waals surface area contributed by atoms with E-state index in [1.807, 2.05) is 42.7 Å². The van der Waals surface area contributed by atoms with Gasteiger partial charge in [-0.15, -0.1) is 11.8 Å². The fraction of sp³-hybridized carbons (Fsp3) is 0.333. The first-order chi connectivity index (χ1) is 9.61. The van der Waals surface area contributed by atoms with Crippen molar-refractivity contribution in [2.45, 2.75) is 17.7 Å². The van der Waals surface area contributed by atoms with Gasteiger partial charge in [0.25, 0.3) is 0 Å². The molecule has 0 aromatic heterocycles. The standard InChI is InChI=1S/C15H17NO3S/c1-20-11-6-4-5-10(9-11)16-14(17)12-7-2-3-8-13(12)15(18)19/h2-6,9,12-13H,7-8H2,1H3,(H,16,17)(H,18,19)/t12-,13+/m0/s1. The molecule has 5 heteroatoms. The number of thioether (sulfide) groups is 1. The number of anilines is 1. The highest BCUT2D eigenvalue weighted by molar-refractivity contribution is 7.98. The average Bonchev–Trinajstić information content (AvgIpc) is 2.47. The number of nitrogens with one attached hydrogen (secondary N) is 1. The largest absolute Gasteiger partial charge is 0.481 e. The number of allylic oxidation sites excluding steroid dienone is 2. The van der Waals surface area contributed by atoms with Crippen molar-refractivity contribution < 1.29 is 14.7 Å². The SMILES string of the molecule is CSc1cccc(NC(=O)[C@H]2CC=CC[C@H]2C(=O)O)c1. The second kappa shape index (κ2) is 6.61. The molecule has 2 atom stereocenters. The van der Waals surface area contributed by atoms with E-state index < -0.39 is 17.8 Å². The van der Waals surface area contributed by atoms with Gasteiger partial charge in [-0.3, -0.25) is 9.59 Å². The summed E-state index contributed by atoms with van der Waals surface area (Å²) in [6.45, 7) is 0. The molecule has 1 aromatic rings. The van der Waals surface area contributed by atoms with Crippen molar-refractivity contribution in [3.05, 3.63) is 36.4 Å². The van der Waals surface area contributed by atoms with Gasteiger partial charge in [-0.05, 0) is 37.3 Å². The van der Waals surface area contributed by atoms with Crippen LogP contribution >= 0.6 is 11.8 Å². The molecule has 1 aromatic carbocycles. The summed E-state index contributed by atoms with van der Waals surface area (Å²) in [5, 5.41) is 12.0. The maximum atomic E-state index is 12.3. The van der Waals surface area contributed by atoms with E-state index in [0.717, 1.165) is 4.90 Å². The first-order valence-corrected chi connectivity index (χ1v) is 7.67. The molecule has 0 saturated carbocycles. The van der Waals surface area contributed by atoms with Crippen LogP contribution in [0.15, 0.2) is 41.3 Å². The molecule has 4 nitrogen and oxygen atoms in total. The predicted octanol–water partition coefficient (Wildman–Crippen LogP) is 3.01. The van der Waals surface area contributed by atoms with E-state index in [2.05, 4.69) is 5.32 Å². The Morgan fingerprint density at radius 3 is 2.60 bits per heavy atom. The van der Waals surface area contributed by atoms with E-state index in [4.69, 9.17) is 0 Å². The van der Waals surface area contributed by atoms with E-state index in [9.17, 15) is 14.7 Å². The molecular formula is C15H17NO3S. The third-order valence-corrected chi connectivity index (χ3v) is 4.15. The van der Waals surface area contributed by atoms with Crippen LogP contribution in [0.5, 0.6) is 0 Å². The van der Waals surface area contributed by atoms with Crippen LogP contribution in [0.25, 0.3) is 0 Å². The van der Waals surface area contributed by atoms with Gasteiger partial charge < -0.3 is 10.4 Å². The predicted molar refractivity (Wildman–Crippen MR) is 79.8 cm³/mol. The van der Waals surface area contributed by atoms with Gasteiger partial charge >= 0.3 is 5.97 Å². The Balaban J connectivity index is 2.10. The molecule has 1 amide bonds. The lowest BCUT2D eigenvalue weighted by atomic mass is 9.82. The lowest BCUT2D eigenvalue weighted by molar-refractivity contribution is -0.146. The summed E-state index contributed by atoms with van der Waals surface area (Å²) in [4.78, 5) is 24.5. The Hall–Kier alpha value is -1.75. The zero-order chi connectivity index (χ0) is 14.5. The minimum absolute atomic E-state index is 0.222. The average molecular weight is 291 g/mol. The summed E-state index contributed by atoms with van der Waals surface area (Å²) in [5.41, 5.74) is 0.709. The molecule has 1 aliphatic rings. The van der Waals surface area contributed by atoms with Crippen LogP contribution in [0, 0.1) is 11.8 Å². The molecule has 20 heavy (non-hydrogen) atoms. The van der Waals surface area contributed by atoms with Crippen molar-refractivity contribution >= 4 is 29.3 Å². The fourth-order valence-electron chi connectivity index (χ4n) is 2.31. The van der Waals surface area contributed by atoms with Crippen LogP contribution in [0.4, 0.5) is 5.69 Å². The minimum atomic E-state index is -0.910. The van der Waals surface area contributed by atoms with Gasteiger partial charge in [0.1, 0.15) is 0 Å². The van der Waals surface area contributed by atoms with Crippen molar-refractivity contribution in [2.24, 2.45) is 11.8 Å². The third-order valence-electron chi connectivity index (χ3n) is 3.42. The minimum Gasteiger partial charge on any atom is -0.481 e. The topological polar surface area (TPSA) is 66.4 Å². The lowest BCUT2D eigenvalue weighted by Crippen LogP contribution is -2.34. The molecule has 0 spiro atoms. The number of hydrogen-bond donors (Lipinski definition) is 2. The summed E-state index contributed by atoms with van der Waals surface area (Å²) in [7, 11) is 0. The van der Waals surface area contributed by atoms with E-state index in [-0.39, 0.29) is 5.91 Å². The van der Waals surface area contributed by atoms with Gasteiger partial charge in [-0.2, -0.15) is 0 Å². The number of carbonyl (C=O) groups excluding carboxylic acids is 1. The second-order valence-corrected chi connectivity index (χ2v) is 5.59. The number of hydrogen-bond acceptors (Lipinski definition) is 3. The quantitative estimate of drug-likeness (QED) is 0.661. The summed E-state index contributed by atoms with van der Waals surface area (Å²) in [6.07, 6.45) is 6.57. The van der Waals surface area contributed by atoms with E-state index in [1.54, 1.807) is 11.8 Å². The highest BCUT2D eigenvalue weighted by Crippen LogP contribution is 2.27. The Bertz CT molecular complexity index is 542. The molecular weight excluding hydrogens is 274 g/mol. The zero-order valence-electron chi connectivity index (χ0n) is 11.2. The van der Waals surface area contributed by atoms with Crippen LogP contribution in [0.2, 0.25) is 0 Å². The zero-order valence-corrected chi connectivity index (χ0v) is 12.0. The monoisotopic (exact) mass is 291 g/mol. The molecule has 2 N–H and O–H groups in total. The molecule has 1 aliphatic carbocycles. The number of carboxylic acids is 1. The summed E-state index contributed by atoms with van der Waals surface area (Å²) in [6, 6.07) is 7.53. The van der Waals surface area contributed by atoms with Gasteiger partial charge in [-0.1, -0.05) is 18.2 Å². The van der Waals surface area contributed by atoms with Gasteiger partial charge in [0.2, 0.25) is 5.91 Å². The Morgan fingerprint density at radius 2 is 1.95 bits per heavy atom. The summed E-state index contributed by atoms with van der Waals surface area (Å²) >= 11 is 1.59. The first kappa shape index (κ1) is 14.7. The van der Waals surface area contributed by atoms with Gasteiger partial charge in [0, 0.05) is 10.6 Å². The summed E-state index contributed by atoms with van der Waals surface area (Å²) in [5.74, 6) is -2.27. The molecule has 0 bridgehead atoms. The molecule has 0 radical (unpaired) electrons. The molecule has 0 saturated heterocycles. The molecule has 0 heterocycles. The fourth-order valence-corrected chi connectivity index (χ4v) is 2.77. The first-order valence-electron chi connectivity index (χ1n) is 6.44.